The second-order valence-corrected chi connectivity index (χ2v) is 5.01. The molecule has 0 aromatic heterocycles. The minimum absolute atomic E-state index is 0.546. The number of hydrogen-bond donors (Lipinski definition) is 0. The SMILES string of the molecule is CC1(CCc2ccccc2)CC=CCC1. The fourth-order valence-electron chi connectivity index (χ4n) is 2.34. The molecule has 1 aliphatic rings. The van der Waals surface area contributed by atoms with Crippen molar-refractivity contribution < 1.29 is 0 Å². The molecule has 0 aliphatic heterocycles. The lowest BCUT2D eigenvalue weighted by molar-refractivity contribution is 0.268. The van der Waals surface area contributed by atoms with E-state index in [-0.39, 0.29) is 0 Å². The van der Waals surface area contributed by atoms with Gasteiger partial charge in [0.2, 0.25) is 0 Å². The van der Waals surface area contributed by atoms with Gasteiger partial charge >= 0.3 is 0 Å². The second kappa shape index (κ2) is 4.65. The average molecular weight is 200 g/mol. The van der Waals surface area contributed by atoms with Crippen LogP contribution in [0.3, 0.4) is 0 Å². The first-order valence-electron chi connectivity index (χ1n) is 5.97. The third-order valence-electron chi connectivity index (χ3n) is 3.55. The van der Waals surface area contributed by atoms with Crippen LogP contribution in [0.5, 0.6) is 0 Å². The van der Waals surface area contributed by atoms with Crippen molar-refractivity contribution in [2.24, 2.45) is 5.41 Å². The summed E-state index contributed by atoms with van der Waals surface area (Å²) in [7, 11) is 0. The van der Waals surface area contributed by atoms with Crippen molar-refractivity contribution in [1.29, 1.82) is 0 Å². The minimum atomic E-state index is 0.546. The van der Waals surface area contributed by atoms with E-state index < -0.39 is 0 Å². The molecular formula is C15H20. The van der Waals surface area contributed by atoms with Gasteiger partial charge in [-0.05, 0) is 43.1 Å². The summed E-state index contributed by atoms with van der Waals surface area (Å²) >= 11 is 0. The Morgan fingerprint density at radius 3 is 2.60 bits per heavy atom. The Morgan fingerprint density at radius 2 is 1.93 bits per heavy atom. The lowest BCUT2D eigenvalue weighted by Gasteiger charge is -2.30. The monoisotopic (exact) mass is 200 g/mol. The van der Waals surface area contributed by atoms with Gasteiger partial charge in [-0.25, -0.2) is 0 Å². The molecule has 0 nitrogen and oxygen atoms in total. The maximum absolute atomic E-state index is 2.43. The first-order valence-corrected chi connectivity index (χ1v) is 5.97. The summed E-state index contributed by atoms with van der Waals surface area (Å²) in [6.45, 7) is 2.43. The quantitative estimate of drug-likeness (QED) is 0.636. The minimum Gasteiger partial charge on any atom is -0.0885 e. The van der Waals surface area contributed by atoms with E-state index in [2.05, 4.69) is 49.4 Å². The number of aryl methyl sites for hydroxylation is 1. The maximum Gasteiger partial charge on any atom is -0.0274 e. The fourth-order valence-corrected chi connectivity index (χ4v) is 2.34. The van der Waals surface area contributed by atoms with Crippen molar-refractivity contribution in [2.45, 2.75) is 39.0 Å². The van der Waals surface area contributed by atoms with Crippen molar-refractivity contribution >= 4 is 0 Å². The van der Waals surface area contributed by atoms with Crippen LogP contribution in [0.1, 0.15) is 38.2 Å². The number of allylic oxidation sites excluding steroid dienone is 2. The lowest BCUT2D eigenvalue weighted by Crippen LogP contribution is -2.18. The molecule has 0 spiro atoms. The zero-order valence-corrected chi connectivity index (χ0v) is 9.58. The second-order valence-electron chi connectivity index (χ2n) is 5.01. The highest BCUT2D eigenvalue weighted by Crippen LogP contribution is 2.36. The van der Waals surface area contributed by atoms with Gasteiger partial charge in [0, 0.05) is 0 Å². The van der Waals surface area contributed by atoms with Crippen LogP contribution in [0.15, 0.2) is 42.5 Å². The molecule has 0 fully saturated rings. The van der Waals surface area contributed by atoms with Crippen LogP contribution in [-0.2, 0) is 6.42 Å². The van der Waals surface area contributed by atoms with Crippen LogP contribution in [0.2, 0.25) is 0 Å². The van der Waals surface area contributed by atoms with Crippen LogP contribution in [-0.4, -0.2) is 0 Å². The zero-order chi connectivity index (χ0) is 10.6. The van der Waals surface area contributed by atoms with E-state index in [1.165, 1.54) is 37.7 Å². The van der Waals surface area contributed by atoms with Gasteiger partial charge < -0.3 is 0 Å². The van der Waals surface area contributed by atoms with E-state index >= 15 is 0 Å². The Labute approximate surface area is 93.0 Å². The maximum atomic E-state index is 2.43. The van der Waals surface area contributed by atoms with Gasteiger partial charge in [-0.15, -0.1) is 0 Å². The van der Waals surface area contributed by atoms with Crippen LogP contribution in [0.25, 0.3) is 0 Å². The van der Waals surface area contributed by atoms with Crippen LogP contribution in [0, 0.1) is 5.41 Å². The molecule has 0 saturated carbocycles. The molecule has 0 amide bonds. The van der Waals surface area contributed by atoms with Gasteiger partial charge in [-0.3, -0.25) is 0 Å². The van der Waals surface area contributed by atoms with E-state index in [9.17, 15) is 0 Å². The van der Waals surface area contributed by atoms with Crippen molar-refractivity contribution in [2.75, 3.05) is 0 Å². The molecule has 1 aromatic rings. The molecule has 0 N–H and O–H groups in total. The van der Waals surface area contributed by atoms with Crippen molar-refractivity contribution in [3.63, 3.8) is 0 Å². The molecule has 0 heteroatoms. The third kappa shape index (κ3) is 2.95. The topological polar surface area (TPSA) is 0 Å². The highest BCUT2D eigenvalue weighted by atomic mass is 14.3. The summed E-state index contributed by atoms with van der Waals surface area (Å²) in [6.07, 6.45) is 11.1. The molecule has 1 unspecified atom stereocenters. The Morgan fingerprint density at radius 1 is 1.13 bits per heavy atom. The van der Waals surface area contributed by atoms with E-state index in [0.29, 0.717) is 5.41 Å². The van der Waals surface area contributed by atoms with Gasteiger partial charge in [-0.2, -0.15) is 0 Å². The van der Waals surface area contributed by atoms with Crippen molar-refractivity contribution in [1.82, 2.24) is 0 Å². The highest BCUT2D eigenvalue weighted by Gasteiger charge is 2.23. The Kier molecular flexibility index (Phi) is 3.25. The van der Waals surface area contributed by atoms with Gasteiger partial charge in [0.05, 0.1) is 0 Å². The largest absolute Gasteiger partial charge is 0.0885 e. The molecule has 0 heterocycles. The predicted molar refractivity (Wildman–Crippen MR) is 65.9 cm³/mol. The van der Waals surface area contributed by atoms with Crippen LogP contribution in [0.4, 0.5) is 0 Å². The summed E-state index contributed by atoms with van der Waals surface area (Å²) in [5.41, 5.74) is 2.03. The highest BCUT2D eigenvalue weighted by molar-refractivity contribution is 5.15. The van der Waals surface area contributed by atoms with E-state index in [0.717, 1.165) is 0 Å². The summed E-state index contributed by atoms with van der Waals surface area (Å²) in [5.74, 6) is 0. The summed E-state index contributed by atoms with van der Waals surface area (Å²) in [4.78, 5) is 0. The summed E-state index contributed by atoms with van der Waals surface area (Å²) < 4.78 is 0. The molecule has 0 saturated heterocycles. The Bertz CT molecular complexity index is 323. The molecular weight excluding hydrogens is 180 g/mol. The van der Waals surface area contributed by atoms with E-state index in [4.69, 9.17) is 0 Å². The van der Waals surface area contributed by atoms with E-state index in [1.807, 2.05) is 0 Å². The van der Waals surface area contributed by atoms with Gasteiger partial charge in [0.15, 0.2) is 0 Å². The lowest BCUT2D eigenvalue weighted by atomic mass is 9.75. The number of benzene rings is 1. The number of hydrogen-bond acceptors (Lipinski definition) is 0. The van der Waals surface area contributed by atoms with E-state index in [1.54, 1.807) is 0 Å². The molecule has 0 radical (unpaired) electrons. The molecule has 1 aromatic carbocycles. The molecule has 1 aliphatic carbocycles. The van der Waals surface area contributed by atoms with Gasteiger partial charge in [0.1, 0.15) is 0 Å². The average Bonchev–Trinajstić information content (AvgIpc) is 2.29. The van der Waals surface area contributed by atoms with Crippen molar-refractivity contribution in [3.05, 3.63) is 48.0 Å². The van der Waals surface area contributed by atoms with Gasteiger partial charge in [-0.1, -0.05) is 49.4 Å². The first kappa shape index (κ1) is 10.5. The predicted octanol–water partition coefficient (Wildman–Crippen LogP) is 4.37. The third-order valence-corrected chi connectivity index (χ3v) is 3.55. The van der Waals surface area contributed by atoms with Crippen LogP contribution < -0.4 is 0 Å². The zero-order valence-electron chi connectivity index (χ0n) is 9.58. The molecule has 0 bridgehead atoms. The van der Waals surface area contributed by atoms with Crippen LogP contribution >= 0.6 is 0 Å². The summed E-state index contributed by atoms with van der Waals surface area (Å²) in [6, 6.07) is 10.8. The molecule has 1 atom stereocenters. The fraction of sp³-hybridized carbons (Fsp3) is 0.467. The van der Waals surface area contributed by atoms with Gasteiger partial charge in [0.25, 0.3) is 0 Å². The summed E-state index contributed by atoms with van der Waals surface area (Å²) in [5, 5.41) is 0. The first-order chi connectivity index (χ1) is 7.29. The normalized spacial score (nSPS) is 25.4. The smallest absolute Gasteiger partial charge is 0.0274 e. The Hall–Kier alpha value is -1.04. The Balaban J connectivity index is 1.90. The molecule has 80 valence electrons. The molecule has 15 heavy (non-hydrogen) atoms. The standard InChI is InChI=1S/C15H20/c1-15(11-6-3-7-12-15)13-10-14-8-4-2-5-9-14/h2-6,8-9H,7,10-13H2,1H3. The van der Waals surface area contributed by atoms with Crippen molar-refractivity contribution in [3.8, 4) is 0 Å². The number of rotatable bonds is 3. The molecule has 2 rings (SSSR count).